The number of benzene rings is 1. The average Bonchev–Trinajstić information content (AvgIpc) is 2.14. The van der Waals surface area contributed by atoms with Crippen LogP contribution in [0.15, 0.2) is 16.6 Å². The molecule has 7 heteroatoms. The van der Waals surface area contributed by atoms with Crippen molar-refractivity contribution in [1.82, 2.24) is 0 Å². The van der Waals surface area contributed by atoms with E-state index in [0.29, 0.717) is 6.07 Å². The molecule has 1 N–H and O–H groups in total. The maximum absolute atomic E-state index is 13.5. The van der Waals surface area contributed by atoms with E-state index >= 15 is 0 Å². The van der Waals surface area contributed by atoms with Crippen molar-refractivity contribution in [2.75, 3.05) is 0 Å². The molecule has 2 nitrogen and oxygen atoms in total. The molecule has 0 saturated heterocycles. The zero-order valence-electron chi connectivity index (χ0n) is 8.31. The Kier molecular flexibility index (Phi) is 4.13. The summed E-state index contributed by atoms with van der Waals surface area (Å²) in [4.78, 5) is 10.3. The zero-order chi connectivity index (χ0) is 13.2. The minimum absolute atomic E-state index is 0.129. The van der Waals surface area contributed by atoms with E-state index in [4.69, 9.17) is 5.11 Å². The first kappa shape index (κ1) is 14.0. The minimum atomic E-state index is -4.79. The van der Waals surface area contributed by atoms with Gasteiger partial charge in [-0.2, -0.15) is 13.2 Å². The number of hydrogen-bond acceptors (Lipinski definition) is 1. The molecule has 94 valence electrons. The van der Waals surface area contributed by atoms with E-state index in [1.807, 2.05) is 0 Å². The van der Waals surface area contributed by atoms with Crippen LogP contribution in [0.5, 0.6) is 0 Å². The molecule has 0 bridgehead atoms. The predicted octanol–water partition coefficient (Wildman–Crippen LogP) is 3.62. The third-order valence-corrected chi connectivity index (χ3v) is 2.82. The van der Waals surface area contributed by atoms with E-state index in [-0.39, 0.29) is 16.5 Å². The molecule has 1 aromatic carbocycles. The Hall–Kier alpha value is -1.11. The lowest BCUT2D eigenvalue weighted by Crippen LogP contribution is -2.11. The minimum Gasteiger partial charge on any atom is -0.481 e. The molecule has 0 radical (unpaired) electrons. The highest BCUT2D eigenvalue weighted by Gasteiger charge is 2.35. The number of rotatable bonds is 3. The molecule has 0 amide bonds. The lowest BCUT2D eigenvalue weighted by Gasteiger charge is -2.12. The van der Waals surface area contributed by atoms with Crippen LogP contribution in [0.3, 0.4) is 0 Å². The van der Waals surface area contributed by atoms with Crippen molar-refractivity contribution in [3.05, 3.63) is 33.5 Å². The molecular weight excluding hydrogens is 308 g/mol. The summed E-state index contributed by atoms with van der Waals surface area (Å²) < 4.78 is 50.8. The molecule has 0 heterocycles. The van der Waals surface area contributed by atoms with Gasteiger partial charge < -0.3 is 5.11 Å². The van der Waals surface area contributed by atoms with Gasteiger partial charge in [-0.3, -0.25) is 4.79 Å². The van der Waals surface area contributed by atoms with Gasteiger partial charge in [0.25, 0.3) is 0 Å². The van der Waals surface area contributed by atoms with Gasteiger partial charge in [-0.25, -0.2) is 4.39 Å². The molecule has 0 aliphatic heterocycles. The van der Waals surface area contributed by atoms with Gasteiger partial charge in [-0.05, 0) is 18.6 Å². The summed E-state index contributed by atoms with van der Waals surface area (Å²) in [5, 5.41) is 8.43. The first-order valence-corrected chi connectivity index (χ1v) is 5.28. The summed E-state index contributed by atoms with van der Waals surface area (Å²) in [6, 6.07) is 1.67. The Morgan fingerprint density at radius 1 is 1.35 bits per heavy atom. The lowest BCUT2D eigenvalue weighted by atomic mass is 10.0. The van der Waals surface area contributed by atoms with Crippen molar-refractivity contribution in [1.29, 1.82) is 0 Å². The molecule has 0 spiro atoms. The number of carboxylic acid groups (broad SMARTS) is 1. The number of carboxylic acids is 1. The maximum Gasteiger partial charge on any atom is 0.419 e. The van der Waals surface area contributed by atoms with E-state index in [0.717, 1.165) is 6.07 Å². The van der Waals surface area contributed by atoms with Gasteiger partial charge in [0.1, 0.15) is 5.82 Å². The number of carbonyl (C=O) groups is 1. The Bertz CT molecular complexity index is 443. The standard InChI is InChI=1S/C10H7BrF4O2/c11-7-3-2-6(10(13,14)15)9(12)5(7)1-4-8(16)17/h2-3H,1,4H2,(H,16,17). The van der Waals surface area contributed by atoms with E-state index < -0.39 is 29.9 Å². The summed E-state index contributed by atoms with van der Waals surface area (Å²) >= 11 is 2.90. The fraction of sp³-hybridized carbons (Fsp3) is 0.300. The van der Waals surface area contributed by atoms with Crippen LogP contribution in [0.4, 0.5) is 17.6 Å². The second kappa shape index (κ2) is 5.03. The van der Waals surface area contributed by atoms with E-state index in [1.165, 1.54) is 0 Å². The van der Waals surface area contributed by atoms with Crippen molar-refractivity contribution in [3.8, 4) is 0 Å². The highest BCUT2D eigenvalue weighted by Crippen LogP contribution is 2.35. The van der Waals surface area contributed by atoms with Crippen molar-refractivity contribution in [3.63, 3.8) is 0 Å². The highest BCUT2D eigenvalue weighted by atomic mass is 79.9. The molecule has 0 aliphatic carbocycles. The molecule has 0 saturated carbocycles. The van der Waals surface area contributed by atoms with Crippen LogP contribution < -0.4 is 0 Å². The number of aliphatic carboxylic acids is 1. The smallest absolute Gasteiger partial charge is 0.419 e. The van der Waals surface area contributed by atoms with Crippen LogP contribution in [0.1, 0.15) is 17.5 Å². The van der Waals surface area contributed by atoms with Gasteiger partial charge in [0.15, 0.2) is 0 Å². The summed E-state index contributed by atoms with van der Waals surface area (Å²) in [7, 11) is 0. The van der Waals surface area contributed by atoms with Crippen molar-refractivity contribution < 1.29 is 27.5 Å². The topological polar surface area (TPSA) is 37.3 Å². The molecule has 0 unspecified atom stereocenters. The maximum atomic E-state index is 13.5. The number of halogens is 5. The van der Waals surface area contributed by atoms with E-state index in [2.05, 4.69) is 15.9 Å². The number of alkyl halides is 3. The molecule has 1 aromatic rings. The Labute approximate surface area is 102 Å². The molecule has 0 atom stereocenters. The third kappa shape index (κ3) is 3.42. The summed E-state index contributed by atoms with van der Waals surface area (Å²) in [5.41, 5.74) is -1.66. The van der Waals surface area contributed by atoms with Crippen molar-refractivity contribution in [2.45, 2.75) is 19.0 Å². The van der Waals surface area contributed by atoms with Crippen molar-refractivity contribution >= 4 is 21.9 Å². The van der Waals surface area contributed by atoms with E-state index in [9.17, 15) is 22.4 Å². The average molecular weight is 315 g/mol. The van der Waals surface area contributed by atoms with Crippen LogP contribution in [-0.2, 0) is 17.4 Å². The first-order valence-electron chi connectivity index (χ1n) is 4.49. The molecule has 0 aliphatic rings. The fourth-order valence-corrected chi connectivity index (χ4v) is 1.78. The Balaban J connectivity index is 3.16. The van der Waals surface area contributed by atoms with Crippen molar-refractivity contribution in [2.24, 2.45) is 0 Å². The van der Waals surface area contributed by atoms with Crippen LogP contribution >= 0.6 is 15.9 Å². The van der Waals surface area contributed by atoms with Gasteiger partial charge >= 0.3 is 12.1 Å². The first-order chi connectivity index (χ1) is 7.73. The molecule has 17 heavy (non-hydrogen) atoms. The zero-order valence-corrected chi connectivity index (χ0v) is 9.90. The van der Waals surface area contributed by atoms with Crippen LogP contribution in [0, 0.1) is 5.82 Å². The monoisotopic (exact) mass is 314 g/mol. The van der Waals surface area contributed by atoms with Gasteiger partial charge in [0.2, 0.25) is 0 Å². The second-order valence-corrected chi connectivity index (χ2v) is 4.13. The molecule has 0 fully saturated rings. The van der Waals surface area contributed by atoms with Gasteiger partial charge in [-0.1, -0.05) is 15.9 Å². The molecule has 0 aromatic heterocycles. The normalized spacial score (nSPS) is 11.6. The quantitative estimate of drug-likeness (QED) is 0.865. The van der Waals surface area contributed by atoms with Crippen LogP contribution in [0.25, 0.3) is 0 Å². The SMILES string of the molecule is O=C(O)CCc1c(Br)ccc(C(F)(F)F)c1F. The summed E-state index contributed by atoms with van der Waals surface area (Å²) in [6.07, 6.45) is -5.52. The van der Waals surface area contributed by atoms with Gasteiger partial charge in [0.05, 0.1) is 5.56 Å². The Morgan fingerprint density at radius 2 is 1.94 bits per heavy atom. The largest absolute Gasteiger partial charge is 0.481 e. The van der Waals surface area contributed by atoms with Gasteiger partial charge in [-0.15, -0.1) is 0 Å². The fourth-order valence-electron chi connectivity index (χ4n) is 1.28. The Morgan fingerprint density at radius 3 is 2.41 bits per heavy atom. The van der Waals surface area contributed by atoms with E-state index in [1.54, 1.807) is 0 Å². The lowest BCUT2D eigenvalue weighted by molar-refractivity contribution is -0.140. The predicted molar refractivity (Wildman–Crippen MR) is 55.1 cm³/mol. The third-order valence-electron chi connectivity index (χ3n) is 2.08. The molecule has 1 rings (SSSR count). The summed E-state index contributed by atoms with van der Waals surface area (Å²) in [6.45, 7) is 0. The van der Waals surface area contributed by atoms with Crippen LogP contribution in [-0.4, -0.2) is 11.1 Å². The van der Waals surface area contributed by atoms with Crippen LogP contribution in [0.2, 0.25) is 0 Å². The highest BCUT2D eigenvalue weighted by molar-refractivity contribution is 9.10. The van der Waals surface area contributed by atoms with Gasteiger partial charge in [0, 0.05) is 16.5 Å². The second-order valence-electron chi connectivity index (χ2n) is 3.28. The number of hydrogen-bond donors (Lipinski definition) is 1. The molecular formula is C10H7BrF4O2. The summed E-state index contributed by atoms with van der Waals surface area (Å²) in [5.74, 6) is -2.62.